The molecular weight excluding hydrogens is 252 g/mol. The van der Waals surface area contributed by atoms with Gasteiger partial charge in [-0.25, -0.2) is 0 Å². The summed E-state index contributed by atoms with van der Waals surface area (Å²) >= 11 is 0. The fourth-order valence-corrected chi connectivity index (χ4v) is 1.69. The van der Waals surface area contributed by atoms with Crippen LogP contribution in [0.3, 0.4) is 0 Å². The molecule has 1 N–H and O–H groups in total. The molecule has 1 aliphatic heterocycles. The van der Waals surface area contributed by atoms with Crippen LogP contribution in [0.2, 0.25) is 0 Å². The van der Waals surface area contributed by atoms with Gasteiger partial charge in [0.05, 0.1) is 12.3 Å². The maximum absolute atomic E-state index is 5.84. The Labute approximate surface area is 122 Å². The van der Waals surface area contributed by atoms with Gasteiger partial charge in [-0.2, -0.15) is 5.10 Å². The second kappa shape index (κ2) is 10.5. The van der Waals surface area contributed by atoms with Crippen LogP contribution in [-0.4, -0.2) is 25.2 Å². The van der Waals surface area contributed by atoms with Gasteiger partial charge in [-0.3, -0.25) is 5.43 Å². The van der Waals surface area contributed by atoms with Crippen LogP contribution in [0.5, 0.6) is 0 Å². The number of ether oxygens (including phenoxy) is 2. The lowest BCUT2D eigenvalue weighted by molar-refractivity contribution is 0.00723. The van der Waals surface area contributed by atoms with Gasteiger partial charge in [-0.05, 0) is 25.3 Å². The van der Waals surface area contributed by atoms with E-state index in [4.69, 9.17) is 9.47 Å². The fraction of sp³-hybridized carbons (Fsp3) is 0.688. The first-order valence-corrected chi connectivity index (χ1v) is 7.77. The minimum Gasteiger partial charge on any atom is -0.493 e. The van der Waals surface area contributed by atoms with Crippen molar-refractivity contribution in [2.75, 3.05) is 13.2 Å². The standard InChI is InChI=1S/C16H28N2O2/c1-4-7-10-14-13-15(19-11-8-5-2)16(18-17-14)20-12-9-6-3/h7,10,13,16,18H,4-6,8-9,11-12H2,1-3H3/b10-7+. The second-order valence-electron chi connectivity index (χ2n) is 4.83. The summed E-state index contributed by atoms with van der Waals surface area (Å²) in [6.45, 7) is 7.86. The summed E-state index contributed by atoms with van der Waals surface area (Å²) in [5, 5.41) is 4.30. The number of rotatable bonds is 10. The first-order chi connectivity index (χ1) is 9.81. The zero-order valence-electron chi connectivity index (χ0n) is 13.0. The van der Waals surface area contributed by atoms with Gasteiger partial charge in [0.25, 0.3) is 0 Å². The smallest absolute Gasteiger partial charge is 0.200 e. The third-order valence-electron chi connectivity index (χ3n) is 2.93. The Morgan fingerprint density at radius 3 is 2.65 bits per heavy atom. The van der Waals surface area contributed by atoms with Crippen molar-refractivity contribution in [1.29, 1.82) is 0 Å². The van der Waals surface area contributed by atoms with Crippen LogP contribution in [0.15, 0.2) is 29.1 Å². The molecule has 0 saturated heterocycles. The van der Waals surface area contributed by atoms with Crippen LogP contribution in [0, 0.1) is 0 Å². The van der Waals surface area contributed by atoms with E-state index in [9.17, 15) is 0 Å². The largest absolute Gasteiger partial charge is 0.493 e. The first-order valence-electron chi connectivity index (χ1n) is 7.77. The van der Waals surface area contributed by atoms with Gasteiger partial charge in [0, 0.05) is 12.7 Å². The molecule has 4 heteroatoms. The Hall–Kier alpha value is -1.29. The molecule has 0 fully saturated rings. The van der Waals surface area contributed by atoms with Crippen molar-refractivity contribution in [3.05, 3.63) is 24.0 Å². The van der Waals surface area contributed by atoms with E-state index in [1.807, 2.05) is 12.2 Å². The molecule has 1 unspecified atom stereocenters. The predicted molar refractivity (Wildman–Crippen MR) is 83.6 cm³/mol. The molecule has 0 bridgehead atoms. The van der Waals surface area contributed by atoms with E-state index in [1.165, 1.54) is 0 Å². The Balaban J connectivity index is 2.59. The highest BCUT2D eigenvalue weighted by Crippen LogP contribution is 2.13. The van der Waals surface area contributed by atoms with Crippen LogP contribution >= 0.6 is 0 Å². The molecule has 4 nitrogen and oxygen atoms in total. The average Bonchev–Trinajstić information content (AvgIpc) is 2.47. The molecule has 0 aromatic heterocycles. The number of hydrogen-bond donors (Lipinski definition) is 1. The van der Waals surface area contributed by atoms with Gasteiger partial charge >= 0.3 is 0 Å². The minimum absolute atomic E-state index is 0.253. The third-order valence-corrected chi connectivity index (χ3v) is 2.93. The summed E-state index contributed by atoms with van der Waals surface area (Å²) in [7, 11) is 0. The molecule has 1 aliphatic rings. The normalized spacial score (nSPS) is 18.6. The molecule has 0 spiro atoms. The average molecular weight is 280 g/mol. The van der Waals surface area contributed by atoms with Gasteiger partial charge in [0.2, 0.25) is 6.23 Å². The van der Waals surface area contributed by atoms with Crippen LogP contribution < -0.4 is 5.43 Å². The van der Waals surface area contributed by atoms with E-state index in [0.717, 1.165) is 56.8 Å². The number of unbranched alkanes of at least 4 members (excludes halogenated alkanes) is 2. The zero-order chi connectivity index (χ0) is 14.6. The van der Waals surface area contributed by atoms with E-state index >= 15 is 0 Å². The summed E-state index contributed by atoms with van der Waals surface area (Å²) in [5.41, 5.74) is 3.92. The highest BCUT2D eigenvalue weighted by molar-refractivity contribution is 6.04. The van der Waals surface area contributed by atoms with Gasteiger partial charge in [0.1, 0.15) is 5.76 Å². The Morgan fingerprint density at radius 2 is 1.95 bits per heavy atom. The molecular formula is C16H28N2O2. The summed E-state index contributed by atoms with van der Waals surface area (Å²) in [4.78, 5) is 0. The van der Waals surface area contributed by atoms with Crippen molar-refractivity contribution >= 4 is 5.71 Å². The van der Waals surface area contributed by atoms with Gasteiger partial charge in [-0.15, -0.1) is 0 Å². The molecule has 114 valence electrons. The Kier molecular flexibility index (Phi) is 8.79. The minimum atomic E-state index is -0.253. The van der Waals surface area contributed by atoms with Crippen LogP contribution in [-0.2, 0) is 9.47 Å². The third kappa shape index (κ3) is 6.24. The molecule has 0 aromatic rings. The quantitative estimate of drug-likeness (QED) is 0.620. The maximum atomic E-state index is 5.84. The second-order valence-corrected chi connectivity index (χ2v) is 4.83. The van der Waals surface area contributed by atoms with Crippen LogP contribution in [0.25, 0.3) is 0 Å². The van der Waals surface area contributed by atoms with E-state index in [2.05, 4.69) is 37.4 Å². The van der Waals surface area contributed by atoms with Crippen molar-refractivity contribution in [3.8, 4) is 0 Å². The van der Waals surface area contributed by atoms with Crippen molar-refractivity contribution in [1.82, 2.24) is 5.43 Å². The topological polar surface area (TPSA) is 42.9 Å². The van der Waals surface area contributed by atoms with Crippen molar-refractivity contribution < 1.29 is 9.47 Å². The fourth-order valence-electron chi connectivity index (χ4n) is 1.69. The SMILES string of the molecule is CC/C=C/C1=NNC(OCCCC)C(OCCCC)=C1. The van der Waals surface area contributed by atoms with E-state index in [1.54, 1.807) is 0 Å². The van der Waals surface area contributed by atoms with Crippen molar-refractivity contribution in [2.24, 2.45) is 5.10 Å². The van der Waals surface area contributed by atoms with Crippen LogP contribution in [0.1, 0.15) is 52.9 Å². The molecule has 1 rings (SSSR count). The highest BCUT2D eigenvalue weighted by atomic mass is 16.5. The Bertz CT molecular complexity index is 348. The lowest BCUT2D eigenvalue weighted by atomic mass is 10.2. The lowest BCUT2D eigenvalue weighted by Gasteiger charge is -2.24. The summed E-state index contributed by atoms with van der Waals surface area (Å²) < 4.78 is 11.6. The number of hydrogen-bond acceptors (Lipinski definition) is 4. The maximum Gasteiger partial charge on any atom is 0.200 e. The highest BCUT2D eigenvalue weighted by Gasteiger charge is 2.19. The first kappa shape index (κ1) is 16.8. The summed E-state index contributed by atoms with van der Waals surface area (Å²) in [6, 6.07) is 0. The molecule has 1 heterocycles. The van der Waals surface area contributed by atoms with E-state index < -0.39 is 0 Å². The summed E-state index contributed by atoms with van der Waals surface area (Å²) in [6.07, 6.45) is 11.1. The van der Waals surface area contributed by atoms with Crippen LogP contribution in [0.4, 0.5) is 0 Å². The Morgan fingerprint density at radius 1 is 1.20 bits per heavy atom. The monoisotopic (exact) mass is 280 g/mol. The van der Waals surface area contributed by atoms with Crippen molar-refractivity contribution in [2.45, 2.75) is 59.1 Å². The molecule has 0 radical (unpaired) electrons. The molecule has 1 atom stereocenters. The molecule has 0 aromatic carbocycles. The molecule has 20 heavy (non-hydrogen) atoms. The van der Waals surface area contributed by atoms with Gasteiger partial charge < -0.3 is 9.47 Å². The zero-order valence-corrected chi connectivity index (χ0v) is 13.0. The molecule has 0 aliphatic carbocycles. The number of allylic oxidation sites excluding steroid dienone is 3. The van der Waals surface area contributed by atoms with E-state index in [-0.39, 0.29) is 6.23 Å². The van der Waals surface area contributed by atoms with Gasteiger partial charge in [-0.1, -0.05) is 39.7 Å². The number of nitrogens with one attached hydrogen (secondary N) is 1. The number of nitrogens with zero attached hydrogens (tertiary/aromatic N) is 1. The predicted octanol–water partition coefficient (Wildman–Crippen LogP) is 3.76. The molecule has 0 saturated carbocycles. The lowest BCUT2D eigenvalue weighted by Crippen LogP contribution is -2.35. The van der Waals surface area contributed by atoms with Gasteiger partial charge in [0.15, 0.2) is 0 Å². The van der Waals surface area contributed by atoms with Crippen molar-refractivity contribution in [3.63, 3.8) is 0 Å². The van der Waals surface area contributed by atoms with E-state index in [0.29, 0.717) is 0 Å². The summed E-state index contributed by atoms with van der Waals surface area (Å²) in [5.74, 6) is 0.834. The number of hydrazone groups is 1. The molecule has 0 amide bonds.